The number of anilines is 1. The van der Waals surface area contributed by atoms with Crippen LogP contribution in [0, 0.1) is 20.8 Å². The first-order valence-electron chi connectivity index (χ1n) is 7.99. The van der Waals surface area contributed by atoms with E-state index in [0.717, 1.165) is 29.2 Å². The van der Waals surface area contributed by atoms with Gasteiger partial charge in [-0.2, -0.15) is 0 Å². The number of imidazole rings is 1. The molecule has 24 heavy (non-hydrogen) atoms. The van der Waals surface area contributed by atoms with Crippen LogP contribution in [0.15, 0.2) is 54.9 Å². The Labute approximate surface area is 142 Å². The van der Waals surface area contributed by atoms with Crippen LogP contribution in [0.4, 0.5) is 5.69 Å². The molecule has 4 nitrogen and oxygen atoms in total. The molecule has 2 aromatic carbocycles. The van der Waals surface area contributed by atoms with E-state index in [1.165, 1.54) is 5.56 Å². The van der Waals surface area contributed by atoms with Gasteiger partial charge in [0.2, 0.25) is 0 Å². The third-order valence-electron chi connectivity index (χ3n) is 4.35. The SMILES string of the molecule is Cc1cccc(NC(=O)c2ccc(Cn3ccnc3C)cc2)c1C. The molecule has 122 valence electrons. The molecule has 1 N–H and O–H groups in total. The number of benzene rings is 2. The fourth-order valence-electron chi connectivity index (χ4n) is 2.61. The second-order valence-electron chi connectivity index (χ2n) is 6.00. The highest BCUT2D eigenvalue weighted by molar-refractivity contribution is 6.04. The maximum Gasteiger partial charge on any atom is 0.255 e. The highest BCUT2D eigenvalue weighted by atomic mass is 16.1. The first-order chi connectivity index (χ1) is 11.5. The van der Waals surface area contributed by atoms with E-state index in [2.05, 4.69) is 14.9 Å². The van der Waals surface area contributed by atoms with E-state index in [4.69, 9.17) is 0 Å². The quantitative estimate of drug-likeness (QED) is 0.786. The smallest absolute Gasteiger partial charge is 0.255 e. The molecule has 4 heteroatoms. The number of aromatic nitrogens is 2. The third kappa shape index (κ3) is 3.38. The molecule has 0 saturated carbocycles. The van der Waals surface area contributed by atoms with Crippen molar-refractivity contribution in [2.24, 2.45) is 0 Å². The zero-order chi connectivity index (χ0) is 17.1. The fraction of sp³-hybridized carbons (Fsp3) is 0.200. The van der Waals surface area contributed by atoms with Crippen molar-refractivity contribution in [1.82, 2.24) is 9.55 Å². The predicted octanol–water partition coefficient (Wildman–Crippen LogP) is 4.11. The van der Waals surface area contributed by atoms with E-state index in [1.807, 2.05) is 69.4 Å². The molecule has 0 bridgehead atoms. The highest BCUT2D eigenvalue weighted by Crippen LogP contribution is 2.19. The number of nitrogens with one attached hydrogen (secondary N) is 1. The Morgan fingerprint density at radius 2 is 1.83 bits per heavy atom. The summed E-state index contributed by atoms with van der Waals surface area (Å²) in [6.07, 6.45) is 3.75. The summed E-state index contributed by atoms with van der Waals surface area (Å²) in [4.78, 5) is 16.7. The van der Waals surface area contributed by atoms with Crippen molar-refractivity contribution in [3.05, 3.63) is 82.9 Å². The lowest BCUT2D eigenvalue weighted by molar-refractivity contribution is 0.102. The molecule has 3 aromatic rings. The number of carbonyl (C=O) groups excluding carboxylic acids is 1. The van der Waals surface area contributed by atoms with Crippen molar-refractivity contribution < 1.29 is 4.79 Å². The lowest BCUT2D eigenvalue weighted by atomic mass is 10.1. The number of aryl methyl sites for hydroxylation is 2. The zero-order valence-electron chi connectivity index (χ0n) is 14.2. The minimum Gasteiger partial charge on any atom is -0.331 e. The van der Waals surface area contributed by atoms with Crippen LogP contribution in [0.2, 0.25) is 0 Å². The Balaban J connectivity index is 1.72. The molecule has 0 saturated heterocycles. The molecule has 0 radical (unpaired) electrons. The molecule has 0 aliphatic carbocycles. The van der Waals surface area contributed by atoms with Crippen molar-refractivity contribution in [3.63, 3.8) is 0 Å². The Morgan fingerprint density at radius 3 is 2.50 bits per heavy atom. The number of hydrogen-bond acceptors (Lipinski definition) is 2. The topological polar surface area (TPSA) is 46.9 Å². The van der Waals surface area contributed by atoms with Crippen LogP contribution in [0.5, 0.6) is 0 Å². The summed E-state index contributed by atoms with van der Waals surface area (Å²) in [6.45, 7) is 6.79. The van der Waals surface area contributed by atoms with E-state index in [1.54, 1.807) is 6.20 Å². The van der Waals surface area contributed by atoms with Crippen LogP contribution in [0.3, 0.4) is 0 Å². The van der Waals surface area contributed by atoms with Crippen molar-refractivity contribution in [1.29, 1.82) is 0 Å². The molecular weight excluding hydrogens is 298 g/mol. The molecule has 1 amide bonds. The minimum atomic E-state index is -0.0888. The van der Waals surface area contributed by atoms with E-state index in [-0.39, 0.29) is 5.91 Å². The summed E-state index contributed by atoms with van der Waals surface area (Å²) in [5, 5.41) is 2.99. The summed E-state index contributed by atoms with van der Waals surface area (Å²) in [6, 6.07) is 13.6. The van der Waals surface area contributed by atoms with Crippen molar-refractivity contribution >= 4 is 11.6 Å². The van der Waals surface area contributed by atoms with Gasteiger partial charge < -0.3 is 9.88 Å². The maximum atomic E-state index is 12.4. The Bertz CT molecular complexity index is 863. The molecule has 0 fully saturated rings. The molecule has 0 aliphatic rings. The van der Waals surface area contributed by atoms with Crippen LogP contribution in [0.25, 0.3) is 0 Å². The van der Waals surface area contributed by atoms with Crippen molar-refractivity contribution in [3.8, 4) is 0 Å². The van der Waals surface area contributed by atoms with Gasteiger partial charge in [-0.05, 0) is 55.7 Å². The molecule has 0 spiro atoms. The van der Waals surface area contributed by atoms with Gasteiger partial charge in [-0.3, -0.25) is 4.79 Å². The van der Waals surface area contributed by atoms with Crippen LogP contribution in [-0.4, -0.2) is 15.5 Å². The number of amides is 1. The Kier molecular flexibility index (Phi) is 4.47. The Hall–Kier alpha value is -2.88. The average Bonchev–Trinajstić information content (AvgIpc) is 2.97. The lowest BCUT2D eigenvalue weighted by Gasteiger charge is -2.11. The van der Waals surface area contributed by atoms with Crippen molar-refractivity contribution in [2.45, 2.75) is 27.3 Å². The predicted molar refractivity (Wildman–Crippen MR) is 96.4 cm³/mol. The van der Waals surface area contributed by atoms with Gasteiger partial charge in [0.05, 0.1) is 0 Å². The zero-order valence-corrected chi connectivity index (χ0v) is 14.2. The summed E-state index contributed by atoms with van der Waals surface area (Å²) in [7, 11) is 0. The summed E-state index contributed by atoms with van der Waals surface area (Å²) in [5.41, 5.74) is 4.91. The summed E-state index contributed by atoms with van der Waals surface area (Å²) in [5.74, 6) is 0.890. The fourth-order valence-corrected chi connectivity index (χ4v) is 2.61. The molecule has 0 aliphatic heterocycles. The van der Waals surface area contributed by atoms with Gasteiger partial charge in [-0.25, -0.2) is 4.98 Å². The first-order valence-corrected chi connectivity index (χ1v) is 7.99. The first kappa shape index (κ1) is 16.0. The van der Waals surface area contributed by atoms with Gasteiger partial charge in [-0.1, -0.05) is 24.3 Å². The molecule has 3 rings (SSSR count). The van der Waals surface area contributed by atoms with Gasteiger partial charge in [0.1, 0.15) is 5.82 Å². The largest absolute Gasteiger partial charge is 0.331 e. The van der Waals surface area contributed by atoms with Crippen LogP contribution < -0.4 is 5.32 Å². The summed E-state index contributed by atoms with van der Waals surface area (Å²) < 4.78 is 2.07. The van der Waals surface area contributed by atoms with E-state index in [9.17, 15) is 4.79 Å². The molecule has 0 atom stereocenters. The molecule has 1 aromatic heterocycles. The highest BCUT2D eigenvalue weighted by Gasteiger charge is 2.09. The third-order valence-corrected chi connectivity index (χ3v) is 4.35. The van der Waals surface area contributed by atoms with Gasteiger partial charge >= 0.3 is 0 Å². The average molecular weight is 319 g/mol. The number of nitrogens with zero attached hydrogens (tertiary/aromatic N) is 2. The molecule has 1 heterocycles. The molecule has 0 unspecified atom stereocenters. The van der Waals surface area contributed by atoms with Gasteiger partial charge in [0.25, 0.3) is 5.91 Å². The standard InChI is InChI=1S/C20H21N3O/c1-14-5-4-6-19(15(14)2)22-20(24)18-9-7-17(8-10-18)13-23-12-11-21-16(23)3/h4-12H,13H2,1-3H3,(H,22,24). The van der Waals surface area contributed by atoms with E-state index in [0.29, 0.717) is 5.56 Å². The summed E-state index contributed by atoms with van der Waals surface area (Å²) >= 11 is 0. The number of rotatable bonds is 4. The van der Waals surface area contributed by atoms with E-state index < -0.39 is 0 Å². The second-order valence-corrected chi connectivity index (χ2v) is 6.00. The van der Waals surface area contributed by atoms with Crippen molar-refractivity contribution in [2.75, 3.05) is 5.32 Å². The second kappa shape index (κ2) is 6.71. The number of carbonyl (C=O) groups is 1. The minimum absolute atomic E-state index is 0.0888. The maximum absolute atomic E-state index is 12.4. The number of hydrogen-bond donors (Lipinski definition) is 1. The lowest BCUT2D eigenvalue weighted by Crippen LogP contribution is -2.13. The van der Waals surface area contributed by atoms with Crippen LogP contribution in [0.1, 0.15) is 32.9 Å². The monoisotopic (exact) mass is 319 g/mol. The normalized spacial score (nSPS) is 10.6. The van der Waals surface area contributed by atoms with Gasteiger partial charge in [0, 0.05) is 30.2 Å². The van der Waals surface area contributed by atoms with Gasteiger partial charge in [-0.15, -0.1) is 0 Å². The van der Waals surface area contributed by atoms with Gasteiger partial charge in [0.15, 0.2) is 0 Å². The Morgan fingerprint density at radius 1 is 1.08 bits per heavy atom. The van der Waals surface area contributed by atoms with E-state index >= 15 is 0 Å². The van der Waals surface area contributed by atoms with Crippen LogP contribution >= 0.6 is 0 Å². The van der Waals surface area contributed by atoms with Crippen LogP contribution in [-0.2, 0) is 6.54 Å². The molecular formula is C20H21N3O.